The quantitative estimate of drug-likeness (QED) is 0.356. The van der Waals surface area contributed by atoms with Crippen LogP contribution in [0.4, 0.5) is 11.7 Å². The van der Waals surface area contributed by atoms with Gasteiger partial charge in [0, 0.05) is 11.6 Å². The molecule has 1 aliphatic rings. The minimum absolute atomic E-state index is 0.134. The minimum atomic E-state index is -0.738. The number of anilines is 1. The number of fused-ring (bicyclic) bond motifs is 1. The third-order valence-corrected chi connectivity index (χ3v) is 5.10. The van der Waals surface area contributed by atoms with Gasteiger partial charge < -0.3 is 14.2 Å². The van der Waals surface area contributed by atoms with Crippen molar-refractivity contribution in [3.63, 3.8) is 0 Å². The van der Waals surface area contributed by atoms with E-state index in [0.29, 0.717) is 35.6 Å². The molecule has 12 nitrogen and oxygen atoms in total. The van der Waals surface area contributed by atoms with Gasteiger partial charge in [0.15, 0.2) is 11.5 Å². The molecule has 0 aromatic carbocycles. The van der Waals surface area contributed by atoms with Gasteiger partial charge in [0.25, 0.3) is 11.5 Å². The first-order valence-electron chi connectivity index (χ1n) is 9.81. The van der Waals surface area contributed by atoms with Gasteiger partial charge >= 0.3 is 5.88 Å². The first kappa shape index (κ1) is 19.5. The maximum atomic E-state index is 12.6. The van der Waals surface area contributed by atoms with Crippen LogP contribution in [0.5, 0.6) is 0 Å². The van der Waals surface area contributed by atoms with E-state index in [2.05, 4.69) is 20.4 Å². The predicted octanol–water partition coefficient (Wildman–Crippen LogP) is 2.85. The zero-order valence-corrected chi connectivity index (χ0v) is 16.5. The zero-order valence-electron chi connectivity index (χ0n) is 16.5. The van der Waals surface area contributed by atoms with Crippen LogP contribution in [0, 0.1) is 10.1 Å². The fourth-order valence-electron chi connectivity index (χ4n) is 3.59. The fraction of sp³-hybridized carbons (Fsp3) is 0.200. The van der Waals surface area contributed by atoms with Gasteiger partial charge in [0.05, 0.1) is 18.0 Å². The fourth-order valence-corrected chi connectivity index (χ4v) is 3.59. The van der Waals surface area contributed by atoms with Gasteiger partial charge in [-0.05, 0) is 43.9 Å². The highest BCUT2D eigenvalue weighted by atomic mass is 16.6. The van der Waals surface area contributed by atoms with E-state index in [-0.39, 0.29) is 23.1 Å². The average Bonchev–Trinajstić information content (AvgIpc) is 3.53. The maximum Gasteiger partial charge on any atom is 0.433 e. The Balaban J connectivity index is 1.56. The summed E-state index contributed by atoms with van der Waals surface area (Å²) in [6.07, 6.45) is 4.68. The summed E-state index contributed by atoms with van der Waals surface area (Å²) in [6, 6.07) is 7.20. The van der Waals surface area contributed by atoms with Gasteiger partial charge in [-0.3, -0.25) is 24.7 Å². The Kier molecular flexibility index (Phi) is 4.66. The summed E-state index contributed by atoms with van der Waals surface area (Å²) >= 11 is 0. The number of hydrogen-bond donors (Lipinski definition) is 2. The van der Waals surface area contributed by atoms with Crippen LogP contribution in [-0.4, -0.2) is 30.6 Å². The van der Waals surface area contributed by atoms with E-state index in [1.165, 1.54) is 23.1 Å². The molecule has 5 rings (SSSR count). The Labute approximate surface area is 179 Å². The largest absolute Gasteiger partial charge is 0.463 e. The summed E-state index contributed by atoms with van der Waals surface area (Å²) < 4.78 is 11.6. The number of hydrogen-bond acceptors (Lipinski definition) is 8. The Bertz CT molecular complexity index is 1380. The zero-order chi connectivity index (χ0) is 22.2. The van der Waals surface area contributed by atoms with Crippen molar-refractivity contribution in [2.75, 3.05) is 5.32 Å². The van der Waals surface area contributed by atoms with Crippen molar-refractivity contribution in [2.24, 2.45) is 0 Å². The number of H-pyrrole nitrogens is 1. The normalized spacial score (nSPS) is 13.0. The Morgan fingerprint density at radius 2 is 2.09 bits per heavy atom. The summed E-state index contributed by atoms with van der Waals surface area (Å²) in [7, 11) is 0. The molecule has 0 saturated carbocycles. The summed E-state index contributed by atoms with van der Waals surface area (Å²) in [5, 5.41) is 17.9. The van der Waals surface area contributed by atoms with Crippen molar-refractivity contribution < 1.29 is 18.6 Å². The number of nitro groups is 1. The highest BCUT2D eigenvalue weighted by Gasteiger charge is 2.23. The SMILES string of the molecule is O=C(Nc1cc(-c2ccco2)nn1-c1nc2c(c(=O)[nH]1)CCCC2)c1ccc([N+](=O)[O-])o1. The number of nitrogens with one attached hydrogen (secondary N) is 2. The molecule has 1 amide bonds. The number of amides is 1. The Morgan fingerprint density at radius 1 is 1.25 bits per heavy atom. The van der Waals surface area contributed by atoms with Crippen LogP contribution in [0.15, 0.2) is 50.2 Å². The van der Waals surface area contributed by atoms with Gasteiger partial charge in [-0.25, -0.2) is 4.98 Å². The summed E-state index contributed by atoms with van der Waals surface area (Å²) in [6.45, 7) is 0. The van der Waals surface area contributed by atoms with Gasteiger partial charge in [0.2, 0.25) is 5.95 Å². The number of rotatable bonds is 5. The molecule has 32 heavy (non-hydrogen) atoms. The van der Waals surface area contributed by atoms with Gasteiger partial charge in [0.1, 0.15) is 16.4 Å². The summed E-state index contributed by atoms with van der Waals surface area (Å²) in [5.41, 5.74) is 1.49. The third kappa shape index (κ3) is 3.47. The van der Waals surface area contributed by atoms with Crippen molar-refractivity contribution in [1.29, 1.82) is 0 Å². The molecule has 4 aromatic rings. The van der Waals surface area contributed by atoms with E-state index in [1.807, 2.05) is 0 Å². The number of aromatic nitrogens is 4. The average molecular weight is 436 g/mol. The Hall–Kier alpha value is -4.48. The summed E-state index contributed by atoms with van der Waals surface area (Å²) in [5.74, 6) is -0.802. The molecule has 0 bridgehead atoms. The lowest BCUT2D eigenvalue weighted by molar-refractivity contribution is -0.402. The maximum absolute atomic E-state index is 12.6. The van der Waals surface area contributed by atoms with Gasteiger partial charge in [-0.15, -0.1) is 0 Å². The van der Waals surface area contributed by atoms with Crippen LogP contribution in [-0.2, 0) is 12.8 Å². The molecule has 4 heterocycles. The van der Waals surface area contributed by atoms with Crippen molar-refractivity contribution in [3.05, 3.63) is 74.1 Å². The number of carbonyl (C=O) groups is 1. The topological polar surface area (TPSA) is 162 Å². The molecular weight excluding hydrogens is 420 g/mol. The lowest BCUT2D eigenvalue weighted by Crippen LogP contribution is -2.24. The standard InChI is InChI=1S/C20H16N6O6/c27-18-11-4-1-2-5-12(11)21-20(23-18)25-16(10-13(24-25)14-6-3-9-31-14)22-19(28)15-7-8-17(32-15)26(29)30/h3,6-10H,1-2,4-5H2,(H,22,28)(H,21,23,27). The number of nitrogens with zero attached hydrogens (tertiary/aromatic N) is 4. The number of furan rings is 2. The van der Waals surface area contributed by atoms with E-state index >= 15 is 0 Å². The molecule has 12 heteroatoms. The smallest absolute Gasteiger partial charge is 0.433 e. The van der Waals surface area contributed by atoms with Crippen LogP contribution in [0.25, 0.3) is 17.4 Å². The monoisotopic (exact) mass is 436 g/mol. The molecule has 1 aliphatic carbocycles. The van der Waals surface area contributed by atoms with Crippen molar-refractivity contribution in [1.82, 2.24) is 19.7 Å². The molecule has 4 aromatic heterocycles. The third-order valence-electron chi connectivity index (χ3n) is 5.10. The van der Waals surface area contributed by atoms with Gasteiger partial charge in [-0.2, -0.15) is 9.78 Å². The molecule has 0 radical (unpaired) electrons. The van der Waals surface area contributed by atoms with Crippen LogP contribution < -0.4 is 10.9 Å². The van der Waals surface area contributed by atoms with Crippen molar-refractivity contribution >= 4 is 17.6 Å². The van der Waals surface area contributed by atoms with Crippen LogP contribution in [0.3, 0.4) is 0 Å². The molecular formula is C20H16N6O6. The lowest BCUT2D eigenvalue weighted by Gasteiger charge is -2.15. The lowest BCUT2D eigenvalue weighted by atomic mass is 9.97. The second-order valence-corrected chi connectivity index (χ2v) is 7.17. The molecule has 0 saturated heterocycles. The number of carbonyl (C=O) groups excluding carboxylic acids is 1. The highest BCUT2D eigenvalue weighted by Crippen LogP contribution is 2.26. The molecule has 162 valence electrons. The molecule has 0 spiro atoms. The molecule has 0 atom stereocenters. The first-order valence-corrected chi connectivity index (χ1v) is 9.81. The van der Waals surface area contributed by atoms with E-state index in [0.717, 1.165) is 18.9 Å². The minimum Gasteiger partial charge on any atom is -0.463 e. The Morgan fingerprint density at radius 3 is 2.84 bits per heavy atom. The van der Waals surface area contributed by atoms with Gasteiger partial charge in [-0.1, -0.05) is 0 Å². The second-order valence-electron chi connectivity index (χ2n) is 7.17. The van der Waals surface area contributed by atoms with Crippen LogP contribution in [0.1, 0.15) is 34.7 Å². The van der Waals surface area contributed by atoms with E-state index in [9.17, 15) is 19.7 Å². The molecule has 0 unspecified atom stereocenters. The van der Waals surface area contributed by atoms with E-state index < -0.39 is 16.7 Å². The van der Waals surface area contributed by atoms with Crippen LogP contribution in [0.2, 0.25) is 0 Å². The molecule has 2 N–H and O–H groups in total. The van der Waals surface area contributed by atoms with Crippen molar-refractivity contribution in [2.45, 2.75) is 25.7 Å². The van der Waals surface area contributed by atoms with Crippen molar-refractivity contribution in [3.8, 4) is 17.4 Å². The number of aromatic amines is 1. The predicted molar refractivity (Wildman–Crippen MR) is 110 cm³/mol. The first-order chi connectivity index (χ1) is 15.5. The van der Waals surface area contributed by atoms with E-state index in [1.54, 1.807) is 12.1 Å². The highest BCUT2D eigenvalue weighted by molar-refractivity contribution is 6.02. The summed E-state index contributed by atoms with van der Waals surface area (Å²) in [4.78, 5) is 42.6. The number of aryl methyl sites for hydroxylation is 1. The van der Waals surface area contributed by atoms with Crippen LogP contribution >= 0.6 is 0 Å². The van der Waals surface area contributed by atoms with E-state index in [4.69, 9.17) is 8.83 Å². The molecule has 0 aliphatic heterocycles. The molecule has 0 fully saturated rings. The second kappa shape index (κ2) is 7.65.